The minimum absolute atomic E-state index is 0.147. The first-order valence-electron chi connectivity index (χ1n) is 4.88. The van der Waals surface area contributed by atoms with Crippen molar-refractivity contribution in [1.82, 2.24) is 4.90 Å². The zero-order chi connectivity index (χ0) is 11.3. The van der Waals surface area contributed by atoms with Crippen LogP contribution in [0.4, 0.5) is 0 Å². The predicted molar refractivity (Wildman–Crippen MR) is 60.9 cm³/mol. The molecule has 84 valence electrons. The number of nitrogens with zero attached hydrogens (tertiary/aromatic N) is 1. The fourth-order valence-corrected chi connectivity index (χ4v) is 2.18. The van der Waals surface area contributed by atoms with Crippen LogP contribution in [0, 0.1) is 0 Å². The SMILES string of the molecule is CCN(Cc1cccs1)C(CN)C(=O)O. The van der Waals surface area contributed by atoms with Gasteiger partial charge in [-0.25, -0.2) is 0 Å². The lowest BCUT2D eigenvalue weighted by atomic mass is 10.2. The van der Waals surface area contributed by atoms with Gasteiger partial charge in [-0.15, -0.1) is 11.3 Å². The van der Waals surface area contributed by atoms with Crippen LogP contribution in [0.15, 0.2) is 17.5 Å². The van der Waals surface area contributed by atoms with Gasteiger partial charge in [-0.2, -0.15) is 0 Å². The number of thiophene rings is 1. The number of carboxylic acids is 1. The van der Waals surface area contributed by atoms with E-state index in [-0.39, 0.29) is 6.54 Å². The maximum atomic E-state index is 10.9. The Morgan fingerprint density at radius 3 is 2.87 bits per heavy atom. The molecule has 0 aliphatic carbocycles. The van der Waals surface area contributed by atoms with Crippen molar-refractivity contribution in [2.75, 3.05) is 13.1 Å². The van der Waals surface area contributed by atoms with E-state index in [9.17, 15) is 4.79 Å². The fourth-order valence-electron chi connectivity index (χ4n) is 1.45. The summed E-state index contributed by atoms with van der Waals surface area (Å²) in [4.78, 5) is 14.0. The number of hydrogen-bond donors (Lipinski definition) is 2. The van der Waals surface area contributed by atoms with Crippen molar-refractivity contribution < 1.29 is 9.90 Å². The summed E-state index contributed by atoms with van der Waals surface area (Å²) in [7, 11) is 0. The number of rotatable bonds is 6. The Labute approximate surface area is 93.3 Å². The maximum Gasteiger partial charge on any atom is 0.322 e. The summed E-state index contributed by atoms with van der Waals surface area (Å²) in [6.07, 6.45) is 0. The van der Waals surface area contributed by atoms with E-state index < -0.39 is 12.0 Å². The third-order valence-electron chi connectivity index (χ3n) is 2.29. The molecule has 1 rings (SSSR count). The molecule has 1 unspecified atom stereocenters. The van der Waals surface area contributed by atoms with Crippen LogP contribution in [0.2, 0.25) is 0 Å². The average Bonchev–Trinajstić information content (AvgIpc) is 2.69. The Kier molecular flexibility index (Phi) is 4.74. The minimum Gasteiger partial charge on any atom is -0.480 e. The molecular formula is C10H16N2O2S. The summed E-state index contributed by atoms with van der Waals surface area (Å²) in [5.41, 5.74) is 5.46. The fraction of sp³-hybridized carbons (Fsp3) is 0.500. The molecule has 5 heteroatoms. The summed E-state index contributed by atoms with van der Waals surface area (Å²) < 4.78 is 0. The zero-order valence-electron chi connectivity index (χ0n) is 8.72. The molecule has 1 aromatic heterocycles. The van der Waals surface area contributed by atoms with Crippen LogP contribution in [-0.4, -0.2) is 35.1 Å². The van der Waals surface area contributed by atoms with Crippen molar-refractivity contribution in [3.63, 3.8) is 0 Å². The van der Waals surface area contributed by atoms with Gasteiger partial charge < -0.3 is 10.8 Å². The van der Waals surface area contributed by atoms with E-state index in [1.54, 1.807) is 11.3 Å². The van der Waals surface area contributed by atoms with Gasteiger partial charge >= 0.3 is 5.97 Å². The maximum absolute atomic E-state index is 10.9. The van der Waals surface area contributed by atoms with Crippen molar-refractivity contribution in [3.8, 4) is 0 Å². The molecule has 1 atom stereocenters. The lowest BCUT2D eigenvalue weighted by Gasteiger charge is -2.25. The first-order valence-corrected chi connectivity index (χ1v) is 5.76. The number of hydrogen-bond acceptors (Lipinski definition) is 4. The summed E-state index contributed by atoms with van der Waals surface area (Å²) in [6, 6.07) is 3.38. The van der Waals surface area contributed by atoms with Crippen LogP contribution in [0.1, 0.15) is 11.8 Å². The Morgan fingerprint density at radius 2 is 2.47 bits per heavy atom. The topological polar surface area (TPSA) is 66.6 Å². The largest absolute Gasteiger partial charge is 0.480 e. The van der Waals surface area contributed by atoms with E-state index in [0.29, 0.717) is 13.1 Å². The van der Waals surface area contributed by atoms with Gasteiger partial charge in [0.25, 0.3) is 0 Å². The third kappa shape index (κ3) is 3.30. The van der Waals surface area contributed by atoms with E-state index in [4.69, 9.17) is 10.8 Å². The summed E-state index contributed by atoms with van der Waals surface area (Å²) in [5.74, 6) is -0.851. The number of carboxylic acid groups (broad SMARTS) is 1. The number of carbonyl (C=O) groups is 1. The van der Waals surface area contributed by atoms with E-state index >= 15 is 0 Å². The summed E-state index contributed by atoms with van der Waals surface area (Å²) in [6.45, 7) is 3.43. The highest BCUT2D eigenvalue weighted by Crippen LogP contribution is 2.13. The highest BCUT2D eigenvalue weighted by atomic mass is 32.1. The Balaban J connectivity index is 2.65. The lowest BCUT2D eigenvalue weighted by molar-refractivity contribution is -0.143. The van der Waals surface area contributed by atoms with Crippen LogP contribution in [0.3, 0.4) is 0 Å². The first kappa shape index (κ1) is 12.2. The van der Waals surface area contributed by atoms with Crippen molar-refractivity contribution in [2.24, 2.45) is 5.73 Å². The average molecular weight is 228 g/mol. The van der Waals surface area contributed by atoms with Gasteiger partial charge in [-0.3, -0.25) is 9.69 Å². The van der Waals surface area contributed by atoms with Crippen molar-refractivity contribution in [3.05, 3.63) is 22.4 Å². The molecule has 0 saturated carbocycles. The molecule has 0 fully saturated rings. The zero-order valence-corrected chi connectivity index (χ0v) is 9.54. The van der Waals surface area contributed by atoms with Gasteiger partial charge in [0.2, 0.25) is 0 Å². The van der Waals surface area contributed by atoms with E-state index in [1.807, 2.05) is 29.3 Å². The molecule has 0 aliphatic rings. The van der Waals surface area contributed by atoms with Gasteiger partial charge in [0.1, 0.15) is 6.04 Å². The van der Waals surface area contributed by atoms with Gasteiger partial charge in [-0.1, -0.05) is 13.0 Å². The second-order valence-electron chi connectivity index (χ2n) is 3.23. The van der Waals surface area contributed by atoms with Gasteiger partial charge in [0.05, 0.1) is 0 Å². The molecule has 0 spiro atoms. The van der Waals surface area contributed by atoms with E-state index in [2.05, 4.69) is 0 Å². The molecule has 0 amide bonds. The molecule has 0 bridgehead atoms. The lowest BCUT2D eigenvalue weighted by Crippen LogP contribution is -2.45. The van der Waals surface area contributed by atoms with Gasteiger partial charge in [0.15, 0.2) is 0 Å². The molecule has 0 saturated heterocycles. The molecule has 1 aromatic rings. The van der Waals surface area contributed by atoms with Crippen LogP contribution in [0.25, 0.3) is 0 Å². The van der Waals surface area contributed by atoms with Crippen molar-refractivity contribution in [1.29, 1.82) is 0 Å². The monoisotopic (exact) mass is 228 g/mol. The summed E-state index contributed by atoms with van der Waals surface area (Å²) in [5, 5.41) is 11.0. The van der Waals surface area contributed by atoms with E-state index in [1.165, 1.54) is 0 Å². The smallest absolute Gasteiger partial charge is 0.322 e. The van der Waals surface area contributed by atoms with Crippen LogP contribution >= 0.6 is 11.3 Å². The second kappa shape index (κ2) is 5.85. The van der Waals surface area contributed by atoms with E-state index in [0.717, 1.165) is 4.88 Å². The van der Waals surface area contributed by atoms with Crippen molar-refractivity contribution in [2.45, 2.75) is 19.5 Å². The Hall–Kier alpha value is -0.910. The molecule has 1 heterocycles. The quantitative estimate of drug-likeness (QED) is 0.761. The number of nitrogens with two attached hydrogens (primary N) is 1. The first-order chi connectivity index (χ1) is 7.19. The molecule has 3 N–H and O–H groups in total. The molecule has 15 heavy (non-hydrogen) atoms. The molecule has 4 nitrogen and oxygen atoms in total. The second-order valence-corrected chi connectivity index (χ2v) is 4.26. The Bertz CT molecular complexity index is 300. The van der Waals surface area contributed by atoms with Gasteiger partial charge in [0, 0.05) is 18.0 Å². The minimum atomic E-state index is -0.851. The number of likely N-dealkylation sites (N-methyl/N-ethyl adjacent to an activating group) is 1. The third-order valence-corrected chi connectivity index (χ3v) is 3.16. The molecule has 0 aromatic carbocycles. The standard InChI is InChI=1S/C10H16N2O2S/c1-2-12(9(6-11)10(13)14)7-8-4-3-5-15-8/h3-5,9H,2,6-7,11H2,1H3,(H,13,14). The highest BCUT2D eigenvalue weighted by Gasteiger charge is 2.22. The number of aliphatic carboxylic acids is 1. The van der Waals surface area contributed by atoms with Crippen LogP contribution < -0.4 is 5.73 Å². The molecular weight excluding hydrogens is 212 g/mol. The molecule has 0 aliphatic heterocycles. The molecule has 0 radical (unpaired) electrons. The van der Waals surface area contributed by atoms with Crippen LogP contribution in [0.5, 0.6) is 0 Å². The normalized spacial score (nSPS) is 13.0. The predicted octanol–water partition coefficient (Wildman–Crippen LogP) is 0.982. The van der Waals surface area contributed by atoms with Gasteiger partial charge in [-0.05, 0) is 18.0 Å². The van der Waals surface area contributed by atoms with Crippen LogP contribution in [-0.2, 0) is 11.3 Å². The summed E-state index contributed by atoms with van der Waals surface area (Å²) >= 11 is 1.63. The Morgan fingerprint density at radius 1 is 1.73 bits per heavy atom. The van der Waals surface area contributed by atoms with Crippen molar-refractivity contribution >= 4 is 17.3 Å². The highest BCUT2D eigenvalue weighted by molar-refractivity contribution is 7.09.